The molecule has 0 unspecified atom stereocenters. The molecular weight excluding hydrogens is 230 g/mol. The molecule has 1 fully saturated rings. The van der Waals surface area contributed by atoms with Crippen molar-refractivity contribution < 1.29 is 9.53 Å². The molecule has 5 nitrogen and oxygen atoms in total. The second-order valence-electron chi connectivity index (χ2n) is 4.26. The minimum atomic E-state index is -0.135. The van der Waals surface area contributed by atoms with Crippen molar-refractivity contribution in [3.8, 4) is 0 Å². The van der Waals surface area contributed by atoms with Crippen molar-refractivity contribution in [3.05, 3.63) is 24.4 Å². The van der Waals surface area contributed by atoms with Gasteiger partial charge in [0.25, 0.3) is 0 Å². The molecule has 0 aromatic carbocycles. The number of ether oxygens (including phenoxy) is 1. The zero-order chi connectivity index (χ0) is 12.8. The van der Waals surface area contributed by atoms with E-state index in [4.69, 9.17) is 4.74 Å². The van der Waals surface area contributed by atoms with Gasteiger partial charge in [-0.1, -0.05) is 6.07 Å². The summed E-state index contributed by atoms with van der Waals surface area (Å²) in [6.45, 7) is 6.21. The van der Waals surface area contributed by atoms with Gasteiger partial charge in [0, 0.05) is 32.4 Å². The first kappa shape index (κ1) is 12.8. The molecule has 1 aliphatic heterocycles. The molecular formula is C13H19N3O2. The Morgan fingerprint density at radius 3 is 2.72 bits per heavy atom. The summed E-state index contributed by atoms with van der Waals surface area (Å²) in [6, 6.07) is 5.93. The van der Waals surface area contributed by atoms with Gasteiger partial charge in [-0.15, -0.1) is 0 Å². The van der Waals surface area contributed by atoms with Gasteiger partial charge in [0.05, 0.1) is 13.2 Å². The van der Waals surface area contributed by atoms with Crippen LogP contribution >= 0.6 is 0 Å². The summed E-state index contributed by atoms with van der Waals surface area (Å²) in [7, 11) is 0. The van der Waals surface area contributed by atoms with Gasteiger partial charge in [-0.25, -0.2) is 4.98 Å². The van der Waals surface area contributed by atoms with Crippen LogP contribution in [0.2, 0.25) is 0 Å². The molecule has 98 valence electrons. The number of anilines is 1. The Hall–Kier alpha value is -1.62. The molecule has 1 saturated heterocycles. The summed E-state index contributed by atoms with van der Waals surface area (Å²) < 4.78 is 4.95. The largest absolute Gasteiger partial charge is 0.465 e. The van der Waals surface area contributed by atoms with Gasteiger partial charge in [-0.3, -0.25) is 9.69 Å². The van der Waals surface area contributed by atoms with Crippen LogP contribution in [0.4, 0.5) is 5.82 Å². The second-order valence-corrected chi connectivity index (χ2v) is 4.26. The topological polar surface area (TPSA) is 45.7 Å². The molecule has 18 heavy (non-hydrogen) atoms. The van der Waals surface area contributed by atoms with E-state index in [9.17, 15) is 4.79 Å². The van der Waals surface area contributed by atoms with E-state index in [0.717, 1.165) is 32.0 Å². The van der Waals surface area contributed by atoms with E-state index in [1.165, 1.54) is 0 Å². The highest BCUT2D eigenvalue weighted by Gasteiger charge is 2.19. The molecule has 0 aliphatic carbocycles. The quantitative estimate of drug-likeness (QED) is 0.737. The number of hydrogen-bond donors (Lipinski definition) is 0. The zero-order valence-electron chi connectivity index (χ0n) is 10.7. The van der Waals surface area contributed by atoms with Crippen molar-refractivity contribution in [3.63, 3.8) is 0 Å². The maximum absolute atomic E-state index is 11.4. The van der Waals surface area contributed by atoms with E-state index in [1.807, 2.05) is 25.1 Å². The average molecular weight is 249 g/mol. The fraction of sp³-hybridized carbons (Fsp3) is 0.538. The molecule has 0 saturated carbocycles. The summed E-state index contributed by atoms with van der Waals surface area (Å²) >= 11 is 0. The number of rotatable bonds is 4. The summed E-state index contributed by atoms with van der Waals surface area (Å²) in [6.07, 6.45) is 1.81. The van der Waals surface area contributed by atoms with Crippen LogP contribution in [0.15, 0.2) is 24.4 Å². The smallest absolute Gasteiger partial charge is 0.320 e. The number of esters is 1. The van der Waals surface area contributed by atoms with Gasteiger partial charge >= 0.3 is 5.97 Å². The first-order valence-corrected chi connectivity index (χ1v) is 6.33. The molecule has 2 heterocycles. The molecule has 0 radical (unpaired) electrons. The Morgan fingerprint density at radius 1 is 1.33 bits per heavy atom. The third kappa shape index (κ3) is 3.43. The van der Waals surface area contributed by atoms with Gasteiger partial charge in [-0.05, 0) is 19.1 Å². The lowest BCUT2D eigenvalue weighted by Crippen LogP contribution is -2.48. The maximum Gasteiger partial charge on any atom is 0.320 e. The summed E-state index contributed by atoms with van der Waals surface area (Å²) in [5.41, 5.74) is 0. The molecule has 2 rings (SSSR count). The summed E-state index contributed by atoms with van der Waals surface area (Å²) in [5.74, 6) is 0.872. The normalized spacial score (nSPS) is 16.6. The fourth-order valence-corrected chi connectivity index (χ4v) is 2.07. The highest BCUT2D eigenvalue weighted by molar-refractivity contribution is 5.71. The van der Waals surface area contributed by atoms with Crippen LogP contribution in [0.3, 0.4) is 0 Å². The van der Waals surface area contributed by atoms with Crippen LogP contribution in [-0.4, -0.2) is 55.2 Å². The van der Waals surface area contributed by atoms with Gasteiger partial charge in [0.2, 0.25) is 0 Å². The monoisotopic (exact) mass is 249 g/mol. The van der Waals surface area contributed by atoms with Crippen molar-refractivity contribution >= 4 is 11.8 Å². The standard InChI is InChI=1S/C13H19N3O2/c1-2-18-13(17)11-15-7-9-16(10-8-15)12-5-3-4-6-14-12/h3-6H,2,7-11H2,1H3. The van der Waals surface area contributed by atoms with Gasteiger partial charge in [0.1, 0.15) is 5.82 Å². The van der Waals surface area contributed by atoms with E-state index < -0.39 is 0 Å². The number of pyridine rings is 1. The van der Waals surface area contributed by atoms with Crippen molar-refractivity contribution in [1.29, 1.82) is 0 Å². The molecule has 0 spiro atoms. The summed E-state index contributed by atoms with van der Waals surface area (Å²) in [5, 5.41) is 0. The van der Waals surface area contributed by atoms with Crippen LogP contribution < -0.4 is 4.90 Å². The van der Waals surface area contributed by atoms with Crippen molar-refractivity contribution in [2.24, 2.45) is 0 Å². The van der Waals surface area contributed by atoms with Crippen LogP contribution in [0, 0.1) is 0 Å². The second kappa shape index (κ2) is 6.35. The Balaban J connectivity index is 1.80. The van der Waals surface area contributed by atoms with Crippen LogP contribution in [0.5, 0.6) is 0 Å². The molecule has 5 heteroatoms. The third-order valence-corrected chi connectivity index (χ3v) is 3.00. The highest BCUT2D eigenvalue weighted by Crippen LogP contribution is 2.12. The van der Waals surface area contributed by atoms with Crippen molar-refractivity contribution in [2.45, 2.75) is 6.92 Å². The number of carbonyl (C=O) groups excluding carboxylic acids is 1. The lowest BCUT2D eigenvalue weighted by Gasteiger charge is -2.34. The number of carbonyl (C=O) groups is 1. The van der Waals surface area contributed by atoms with Crippen LogP contribution in [0.1, 0.15) is 6.92 Å². The molecule has 0 N–H and O–H groups in total. The molecule has 1 aliphatic rings. The SMILES string of the molecule is CCOC(=O)CN1CCN(c2ccccn2)CC1. The van der Waals surface area contributed by atoms with Crippen LogP contribution in [0.25, 0.3) is 0 Å². The Morgan fingerprint density at radius 2 is 2.11 bits per heavy atom. The van der Waals surface area contributed by atoms with Gasteiger partial charge < -0.3 is 9.64 Å². The molecule has 0 amide bonds. The molecule has 0 atom stereocenters. The van der Waals surface area contributed by atoms with Crippen molar-refractivity contribution in [2.75, 3.05) is 44.2 Å². The van der Waals surface area contributed by atoms with Gasteiger partial charge in [0.15, 0.2) is 0 Å². The number of piperazine rings is 1. The summed E-state index contributed by atoms with van der Waals surface area (Å²) in [4.78, 5) is 20.1. The lowest BCUT2D eigenvalue weighted by molar-refractivity contribution is -0.144. The predicted octanol–water partition coefficient (Wildman–Crippen LogP) is 0.767. The first-order chi connectivity index (χ1) is 8.79. The van der Waals surface area contributed by atoms with Crippen molar-refractivity contribution in [1.82, 2.24) is 9.88 Å². The van der Waals surface area contributed by atoms with E-state index in [1.54, 1.807) is 6.20 Å². The minimum Gasteiger partial charge on any atom is -0.465 e. The highest BCUT2D eigenvalue weighted by atomic mass is 16.5. The zero-order valence-corrected chi connectivity index (χ0v) is 10.7. The first-order valence-electron chi connectivity index (χ1n) is 6.33. The number of aromatic nitrogens is 1. The predicted molar refractivity (Wildman–Crippen MR) is 69.5 cm³/mol. The molecule has 1 aromatic rings. The van der Waals surface area contributed by atoms with E-state index in [2.05, 4.69) is 14.8 Å². The number of hydrogen-bond acceptors (Lipinski definition) is 5. The minimum absolute atomic E-state index is 0.135. The average Bonchev–Trinajstić information content (AvgIpc) is 2.41. The van der Waals surface area contributed by atoms with Crippen LogP contribution in [-0.2, 0) is 9.53 Å². The molecule has 0 bridgehead atoms. The lowest BCUT2D eigenvalue weighted by atomic mass is 10.3. The Labute approximate surface area is 107 Å². The van der Waals surface area contributed by atoms with E-state index in [0.29, 0.717) is 13.2 Å². The van der Waals surface area contributed by atoms with E-state index in [-0.39, 0.29) is 5.97 Å². The Bertz CT molecular complexity index is 375. The Kier molecular flexibility index (Phi) is 4.52. The maximum atomic E-state index is 11.4. The third-order valence-electron chi connectivity index (χ3n) is 3.00. The number of nitrogens with zero attached hydrogens (tertiary/aromatic N) is 3. The van der Waals surface area contributed by atoms with Gasteiger partial charge in [-0.2, -0.15) is 0 Å². The molecule has 1 aromatic heterocycles. The van der Waals surface area contributed by atoms with E-state index >= 15 is 0 Å². The fourth-order valence-electron chi connectivity index (χ4n) is 2.07.